The summed E-state index contributed by atoms with van der Waals surface area (Å²) in [4.78, 5) is 13.5. The van der Waals surface area contributed by atoms with E-state index in [-0.39, 0.29) is 30.1 Å². The van der Waals surface area contributed by atoms with Gasteiger partial charge in [-0.15, -0.1) is 24.0 Å². The van der Waals surface area contributed by atoms with Gasteiger partial charge < -0.3 is 20.3 Å². The fourth-order valence-corrected chi connectivity index (χ4v) is 3.12. The minimum absolute atomic E-state index is 0. The van der Waals surface area contributed by atoms with Gasteiger partial charge in [0.1, 0.15) is 5.82 Å². The maximum absolute atomic E-state index is 6.09. The maximum atomic E-state index is 6.09. The van der Waals surface area contributed by atoms with Crippen molar-refractivity contribution in [3.63, 3.8) is 0 Å². The maximum Gasteiger partial charge on any atom is 0.191 e. The third-order valence-electron chi connectivity index (χ3n) is 4.48. The molecule has 1 atom stereocenters. The van der Waals surface area contributed by atoms with Crippen molar-refractivity contribution >= 4 is 35.8 Å². The highest BCUT2D eigenvalue weighted by Gasteiger charge is 2.17. The Hall–Kier alpha value is -1.09. The second-order valence-electron chi connectivity index (χ2n) is 6.37. The van der Waals surface area contributed by atoms with Crippen molar-refractivity contribution in [2.75, 3.05) is 37.7 Å². The number of guanidine groups is 1. The molecule has 0 saturated carbocycles. The molecule has 7 heteroatoms. The van der Waals surface area contributed by atoms with Crippen LogP contribution in [-0.4, -0.2) is 54.7 Å². The van der Waals surface area contributed by atoms with Crippen molar-refractivity contribution in [3.8, 4) is 0 Å². The lowest BCUT2D eigenvalue weighted by molar-refractivity contribution is 0.0529. The van der Waals surface area contributed by atoms with Gasteiger partial charge in [-0.2, -0.15) is 0 Å². The second-order valence-corrected chi connectivity index (χ2v) is 6.37. The van der Waals surface area contributed by atoms with Crippen LogP contribution in [0.25, 0.3) is 0 Å². The van der Waals surface area contributed by atoms with Crippen LogP contribution < -0.4 is 10.6 Å². The number of halogens is 1. The Morgan fingerprint density at radius 3 is 2.75 bits per heavy atom. The summed E-state index contributed by atoms with van der Waals surface area (Å²) in [6.45, 7) is 7.31. The van der Waals surface area contributed by atoms with Gasteiger partial charge in [-0.1, -0.05) is 6.07 Å². The van der Waals surface area contributed by atoms with E-state index in [1.54, 1.807) is 0 Å². The van der Waals surface area contributed by atoms with Crippen LogP contribution in [-0.2, 0) is 11.3 Å². The summed E-state index contributed by atoms with van der Waals surface area (Å²) >= 11 is 0. The van der Waals surface area contributed by atoms with E-state index in [4.69, 9.17) is 10.5 Å². The number of rotatable bonds is 3. The Morgan fingerprint density at radius 2 is 2.08 bits per heavy atom. The Morgan fingerprint density at radius 1 is 1.29 bits per heavy atom. The number of nitrogens with two attached hydrogens (primary N) is 1. The molecule has 24 heavy (non-hydrogen) atoms. The number of pyridine rings is 1. The van der Waals surface area contributed by atoms with Gasteiger partial charge in [0.15, 0.2) is 5.96 Å². The summed E-state index contributed by atoms with van der Waals surface area (Å²) in [6, 6.07) is 4.16. The molecule has 0 spiro atoms. The smallest absolute Gasteiger partial charge is 0.191 e. The summed E-state index contributed by atoms with van der Waals surface area (Å²) in [5.41, 5.74) is 7.18. The van der Waals surface area contributed by atoms with Crippen LogP contribution in [0.3, 0.4) is 0 Å². The van der Waals surface area contributed by atoms with E-state index in [0.29, 0.717) is 12.5 Å². The van der Waals surface area contributed by atoms with Gasteiger partial charge in [0, 0.05) is 32.4 Å². The fourth-order valence-electron chi connectivity index (χ4n) is 3.12. The van der Waals surface area contributed by atoms with E-state index in [0.717, 1.165) is 44.2 Å². The van der Waals surface area contributed by atoms with Crippen LogP contribution in [0.1, 0.15) is 31.7 Å². The third kappa shape index (κ3) is 5.20. The molecule has 2 fully saturated rings. The van der Waals surface area contributed by atoms with Crippen molar-refractivity contribution in [2.24, 2.45) is 10.7 Å². The summed E-state index contributed by atoms with van der Waals surface area (Å²) in [6.07, 6.45) is 5.89. The van der Waals surface area contributed by atoms with Gasteiger partial charge in [0.05, 0.1) is 19.3 Å². The SMILES string of the molecule is CC1CN(c2ccc(CN=C(N)N3CCCCC3)cn2)CCO1.I. The number of likely N-dealkylation sites (tertiary alicyclic amines) is 1. The lowest BCUT2D eigenvalue weighted by Gasteiger charge is -2.32. The number of piperidine rings is 1. The molecule has 1 unspecified atom stereocenters. The number of hydrogen-bond acceptors (Lipinski definition) is 4. The average molecular weight is 445 g/mol. The van der Waals surface area contributed by atoms with Gasteiger partial charge in [-0.3, -0.25) is 0 Å². The van der Waals surface area contributed by atoms with Crippen molar-refractivity contribution in [3.05, 3.63) is 23.9 Å². The van der Waals surface area contributed by atoms with E-state index >= 15 is 0 Å². The minimum Gasteiger partial charge on any atom is -0.375 e. The first-order valence-electron chi connectivity index (χ1n) is 8.59. The molecule has 0 aromatic carbocycles. The second kappa shape index (κ2) is 9.41. The zero-order valence-corrected chi connectivity index (χ0v) is 16.7. The molecule has 6 nitrogen and oxygen atoms in total. The van der Waals surface area contributed by atoms with E-state index in [2.05, 4.69) is 38.8 Å². The van der Waals surface area contributed by atoms with E-state index < -0.39 is 0 Å². The Kier molecular flexibility index (Phi) is 7.54. The minimum atomic E-state index is 0. The van der Waals surface area contributed by atoms with E-state index in [1.807, 2.05) is 6.20 Å². The lowest BCUT2D eigenvalue weighted by atomic mass is 10.1. The van der Waals surface area contributed by atoms with Gasteiger partial charge in [-0.25, -0.2) is 9.98 Å². The van der Waals surface area contributed by atoms with E-state index in [1.165, 1.54) is 19.3 Å². The van der Waals surface area contributed by atoms with Crippen molar-refractivity contribution in [1.29, 1.82) is 0 Å². The summed E-state index contributed by atoms with van der Waals surface area (Å²) in [5, 5.41) is 0. The lowest BCUT2D eigenvalue weighted by Crippen LogP contribution is -2.41. The predicted octanol–water partition coefficient (Wildman–Crippen LogP) is 2.23. The fraction of sp³-hybridized carbons (Fsp3) is 0.647. The molecule has 3 rings (SSSR count). The normalized spacial score (nSPS) is 22.2. The standard InChI is InChI=1S/C17H27N5O.HI/c1-14-13-22(9-10-23-14)16-6-5-15(11-19-16)12-20-17(18)21-7-3-2-4-8-21;/h5-6,11,14H,2-4,7-10,12-13H2,1H3,(H2,18,20);1H. The van der Waals surface area contributed by atoms with Crippen LogP contribution in [0, 0.1) is 0 Å². The highest BCUT2D eigenvalue weighted by atomic mass is 127. The Balaban J connectivity index is 0.00000208. The Labute approximate surface area is 161 Å². The molecule has 2 aliphatic rings. The van der Waals surface area contributed by atoms with E-state index in [9.17, 15) is 0 Å². The monoisotopic (exact) mass is 445 g/mol. The molecular weight excluding hydrogens is 417 g/mol. The number of aromatic nitrogens is 1. The highest BCUT2D eigenvalue weighted by Crippen LogP contribution is 2.16. The van der Waals surface area contributed by atoms with Crippen LogP contribution in [0.5, 0.6) is 0 Å². The molecule has 0 bridgehead atoms. The van der Waals surface area contributed by atoms with Crippen LogP contribution in [0.2, 0.25) is 0 Å². The molecule has 0 radical (unpaired) electrons. The summed E-state index contributed by atoms with van der Waals surface area (Å²) in [5.74, 6) is 1.67. The number of hydrogen-bond donors (Lipinski definition) is 1. The molecular formula is C17H28IN5O. The first-order chi connectivity index (χ1) is 11.2. The number of morpholine rings is 1. The number of nitrogens with zero attached hydrogens (tertiary/aromatic N) is 4. The van der Waals surface area contributed by atoms with Crippen molar-refractivity contribution in [2.45, 2.75) is 38.8 Å². The van der Waals surface area contributed by atoms with Crippen LogP contribution in [0.4, 0.5) is 5.82 Å². The molecule has 1 aromatic rings. The molecule has 2 saturated heterocycles. The topological polar surface area (TPSA) is 67.0 Å². The van der Waals surface area contributed by atoms with Crippen molar-refractivity contribution in [1.82, 2.24) is 9.88 Å². The first-order valence-corrected chi connectivity index (χ1v) is 8.59. The molecule has 2 N–H and O–H groups in total. The zero-order chi connectivity index (χ0) is 16.1. The number of aliphatic imine (C=N–C) groups is 1. The molecule has 3 heterocycles. The Bertz CT molecular complexity index is 530. The summed E-state index contributed by atoms with van der Waals surface area (Å²) in [7, 11) is 0. The van der Waals surface area contributed by atoms with Gasteiger partial charge in [0.25, 0.3) is 0 Å². The average Bonchev–Trinajstić information content (AvgIpc) is 2.61. The molecule has 0 aliphatic carbocycles. The third-order valence-corrected chi connectivity index (χ3v) is 4.48. The van der Waals surface area contributed by atoms with Gasteiger partial charge in [-0.05, 0) is 37.8 Å². The largest absolute Gasteiger partial charge is 0.375 e. The molecule has 1 aromatic heterocycles. The zero-order valence-electron chi connectivity index (χ0n) is 14.4. The van der Waals surface area contributed by atoms with Crippen LogP contribution in [0.15, 0.2) is 23.3 Å². The molecule has 0 amide bonds. The van der Waals surface area contributed by atoms with Crippen molar-refractivity contribution < 1.29 is 4.74 Å². The highest BCUT2D eigenvalue weighted by molar-refractivity contribution is 14.0. The van der Waals surface area contributed by atoms with Crippen LogP contribution >= 0.6 is 24.0 Å². The predicted molar refractivity (Wildman–Crippen MR) is 108 cm³/mol. The van der Waals surface area contributed by atoms with Gasteiger partial charge in [0.2, 0.25) is 0 Å². The number of ether oxygens (including phenoxy) is 1. The summed E-state index contributed by atoms with van der Waals surface area (Å²) < 4.78 is 5.57. The molecule has 2 aliphatic heterocycles. The van der Waals surface area contributed by atoms with Gasteiger partial charge >= 0.3 is 0 Å². The number of anilines is 1. The molecule has 134 valence electrons. The first kappa shape index (κ1) is 19.2. The quantitative estimate of drug-likeness (QED) is 0.439.